The van der Waals surface area contributed by atoms with E-state index in [4.69, 9.17) is 11.6 Å². The minimum Gasteiger partial charge on any atom is -0.464 e. The minimum absolute atomic E-state index is 0.218. The van der Waals surface area contributed by atoms with E-state index in [1.807, 2.05) is 25.2 Å². The molecule has 2 aromatic carbocycles. The van der Waals surface area contributed by atoms with Gasteiger partial charge in [-0.3, -0.25) is 4.99 Å². The molecule has 0 amide bonds. The summed E-state index contributed by atoms with van der Waals surface area (Å²) in [5.41, 5.74) is 2.84. The van der Waals surface area contributed by atoms with Gasteiger partial charge in [0.25, 0.3) is 0 Å². The van der Waals surface area contributed by atoms with Crippen LogP contribution in [0.5, 0.6) is 0 Å². The number of rotatable bonds is 6. The Hall–Kier alpha value is -2.21. The fourth-order valence-corrected chi connectivity index (χ4v) is 2.18. The number of carbonyl (C=O) groups is 1. The Morgan fingerprint density at radius 2 is 2.00 bits per heavy atom. The van der Waals surface area contributed by atoms with Crippen LogP contribution in [-0.2, 0) is 16.1 Å². The molecular weight excluding hydrogens is 352 g/mol. The molecule has 1 unspecified atom stereocenters. The SMILES string of the molecule is CCOC(=O)C(O)C=Nc1ccc(Cl)cc1CNC.Cc1ccccc1. The Morgan fingerprint density at radius 3 is 2.54 bits per heavy atom. The largest absolute Gasteiger partial charge is 0.464 e. The van der Waals surface area contributed by atoms with Crippen LogP contribution in [0, 0.1) is 6.92 Å². The first-order chi connectivity index (χ1) is 12.5. The zero-order chi connectivity index (χ0) is 19.4. The molecule has 0 bridgehead atoms. The molecule has 0 aromatic heterocycles. The zero-order valence-corrected chi connectivity index (χ0v) is 16.0. The molecule has 1 atom stereocenters. The first kappa shape index (κ1) is 21.8. The fraction of sp³-hybridized carbons (Fsp3) is 0.300. The van der Waals surface area contributed by atoms with Crippen molar-refractivity contribution >= 4 is 29.5 Å². The summed E-state index contributed by atoms with van der Waals surface area (Å²) in [6.07, 6.45) is -0.210. The lowest BCUT2D eigenvalue weighted by molar-refractivity contribution is -0.149. The average Bonchev–Trinajstić information content (AvgIpc) is 2.62. The van der Waals surface area contributed by atoms with Crippen molar-refractivity contribution in [2.75, 3.05) is 13.7 Å². The number of carbonyl (C=O) groups excluding carboxylic acids is 1. The highest BCUT2D eigenvalue weighted by molar-refractivity contribution is 6.30. The molecule has 0 heterocycles. The van der Waals surface area contributed by atoms with Crippen LogP contribution in [0.2, 0.25) is 5.02 Å². The Morgan fingerprint density at radius 1 is 1.31 bits per heavy atom. The number of aliphatic hydroxyl groups is 1. The number of benzene rings is 2. The Balaban J connectivity index is 0.000000401. The first-order valence-corrected chi connectivity index (χ1v) is 8.69. The third-order valence-electron chi connectivity index (χ3n) is 3.23. The Bertz CT molecular complexity index is 705. The Labute approximate surface area is 159 Å². The number of halogens is 1. The van der Waals surface area contributed by atoms with E-state index in [2.05, 4.69) is 34.1 Å². The lowest BCUT2D eigenvalue weighted by Gasteiger charge is -2.07. The van der Waals surface area contributed by atoms with Crippen molar-refractivity contribution in [3.63, 3.8) is 0 Å². The second-order valence-corrected chi connectivity index (χ2v) is 5.87. The topological polar surface area (TPSA) is 70.9 Å². The normalized spacial score (nSPS) is 11.6. The number of nitrogens with zero attached hydrogens (tertiary/aromatic N) is 1. The van der Waals surface area contributed by atoms with E-state index in [0.29, 0.717) is 17.3 Å². The number of esters is 1. The molecule has 2 rings (SSSR count). The van der Waals surface area contributed by atoms with Crippen LogP contribution < -0.4 is 5.32 Å². The molecule has 0 saturated heterocycles. The summed E-state index contributed by atoms with van der Waals surface area (Å²) in [4.78, 5) is 15.3. The van der Waals surface area contributed by atoms with E-state index in [0.717, 1.165) is 11.8 Å². The summed E-state index contributed by atoms with van der Waals surface area (Å²) >= 11 is 5.90. The summed E-state index contributed by atoms with van der Waals surface area (Å²) in [7, 11) is 1.81. The number of aliphatic hydroxyl groups excluding tert-OH is 1. The van der Waals surface area contributed by atoms with Crippen LogP contribution in [0.4, 0.5) is 5.69 Å². The van der Waals surface area contributed by atoms with Gasteiger partial charge in [-0.15, -0.1) is 0 Å². The number of ether oxygens (including phenoxy) is 1. The average molecular weight is 377 g/mol. The fourth-order valence-electron chi connectivity index (χ4n) is 1.99. The molecule has 2 aromatic rings. The van der Waals surface area contributed by atoms with Gasteiger partial charge in [0.15, 0.2) is 6.10 Å². The molecule has 0 spiro atoms. The first-order valence-electron chi connectivity index (χ1n) is 8.31. The lowest BCUT2D eigenvalue weighted by atomic mass is 10.2. The van der Waals surface area contributed by atoms with Crippen LogP contribution in [-0.4, -0.2) is 37.0 Å². The van der Waals surface area contributed by atoms with Gasteiger partial charge < -0.3 is 15.2 Å². The number of aliphatic imine (C=N–C) groups is 1. The van der Waals surface area contributed by atoms with Crippen molar-refractivity contribution in [3.05, 3.63) is 64.7 Å². The smallest absolute Gasteiger partial charge is 0.340 e. The highest BCUT2D eigenvalue weighted by atomic mass is 35.5. The maximum Gasteiger partial charge on any atom is 0.340 e. The van der Waals surface area contributed by atoms with Crippen LogP contribution in [0.25, 0.3) is 0 Å². The van der Waals surface area contributed by atoms with E-state index in [1.54, 1.807) is 25.1 Å². The van der Waals surface area contributed by atoms with Gasteiger partial charge in [-0.1, -0.05) is 47.5 Å². The molecule has 0 fully saturated rings. The molecule has 5 nitrogen and oxygen atoms in total. The van der Waals surface area contributed by atoms with Crippen molar-refractivity contribution in [2.45, 2.75) is 26.5 Å². The van der Waals surface area contributed by atoms with Crippen molar-refractivity contribution < 1.29 is 14.6 Å². The van der Waals surface area contributed by atoms with Crippen LogP contribution in [0.15, 0.2) is 53.5 Å². The quantitative estimate of drug-likeness (QED) is 0.596. The lowest BCUT2D eigenvalue weighted by Crippen LogP contribution is -2.24. The van der Waals surface area contributed by atoms with Crippen LogP contribution in [0.1, 0.15) is 18.1 Å². The number of hydrogen-bond donors (Lipinski definition) is 2. The molecular formula is C20H25ClN2O3. The van der Waals surface area contributed by atoms with Gasteiger partial charge in [-0.05, 0) is 44.7 Å². The summed E-state index contributed by atoms with van der Waals surface area (Å²) in [5.74, 6) is -0.713. The van der Waals surface area contributed by atoms with E-state index in [-0.39, 0.29) is 6.61 Å². The monoisotopic (exact) mass is 376 g/mol. The summed E-state index contributed by atoms with van der Waals surface area (Å²) in [6.45, 7) is 4.56. The van der Waals surface area contributed by atoms with Crippen molar-refractivity contribution in [1.29, 1.82) is 0 Å². The predicted molar refractivity (Wildman–Crippen MR) is 106 cm³/mol. The highest BCUT2D eigenvalue weighted by Gasteiger charge is 2.13. The van der Waals surface area contributed by atoms with Gasteiger partial charge in [0, 0.05) is 17.8 Å². The van der Waals surface area contributed by atoms with Crippen molar-refractivity contribution in [1.82, 2.24) is 5.32 Å². The third-order valence-corrected chi connectivity index (χ3v) is 3.47. The van der Waals surface area contributed by atoms with Gasteiger partial charge in [-0.2, -0.15) is 0 Å². The van der Waals surface area contributed by atoms with E-state index < -0.39 is 12.1 Å². The summed E-state index contributed by atoms with van der Waals surface area (Å²) < 4.78 is 4.68. The molecule has 6 heteroatoms. The summed E-state index contributed by atoms with van der Waals surface area (Å²) in [5, 5.41) is 13.1. The zero-order valence-electron chi connectivity index (χ0n) is 15.3. The van der Waals surface area contributed by atoms with Crippen LogP contribution >= 0.6 is 11.6 Å². The van der Waals surface area contributed by atoms with Gasteiger partial charge >= 0.3 is 5.97 Å². The molecule has 26 heavy (non-hydrogen) atoms. The van der Waals surface area contributed by atoms with Crippen LogP contribution in [0.3, 0.4) is 0 Å². The Kier molecular flexibility index (Phi) is 10.2. The molecule has 0 aliphatic carbocycles. The van der Waals surface area contributed by atoms with Crippen molar-refractivity contribution in [3.8, 4) is 0 Å². The highest BCUT2D eigenvalue weighted by Crippen LogP contribution is 2.23. The molecule has 0 saturated carbocycles. The second kappa shape index (κ2) is 12.2. The maximum atomic E-state index is 11.2. The van der Waals surface area contributed by atoms with E-state index in [9.17, 15) is 9.90 Å². The number of nitrogens with one attached hydrogen (secondary N) is 1. The molecule has 2 N–H and O–H groups in total. The van der Waals surface area contributed by atoms with E-state index >= 15 is 0 Å². The molecule has 140 valence electrons. The van der Waals surface area contributed by atoms with E-state index in [1.165, 1.54) is 5.56 Å². The maximum absolute atomic E-state index is 11.2. The molecule has 0 radical (unpaired) electrons. The summed E-state index contributed by atoms with van der Waals surface area (Å²) in [6, 6.07) is 15.5. The minimum atomic E-state index is -1.36. The number of aryl methyl sites for hydroxylation is 1. The van der Waals surface area contributed by atoms with Gasteiger partial charge in [0.1, 0.15) is 0 Å². The number of hydrogen-bond acceptors (Lipinski definition) is 5. The second-order valence-electron chi connectivity index (χ2n) is 5.43. The third kappa shape index (κ3) is 8.25. The standard InChI is InChI=1S/C13H17ClN2O3.C7H8/c1-3-19-13(18)12(17)8-16-11-5-4-10(14)6-9(11)7-15-2;1-7-5-3-2-4-6-7/h4-6,8,12,15,17H,3,7H2,1-2H3;2-6H,1H3. The van der Waals surface area contributed by atoms with Gasteiger partial charge in [-0.25, -0.2) is 4.79 Å². The predicted octanol–water partition coefficient (Wildman–Crippen LogP) is 3.68. The van der Waals surface area contributed by atoms with Crippen molar-refractivity contribution in [2.24, 2.45) is 4.99 Å². The van der Waals surface area contributed by atoms with Gasteiger partial charge in [0.2, 0.25) is 0 Å². The molecule has 0 aliphatic rings. The van der Waals surface area contributed by atoms with Gasteiger partial charge in [0.05, 0.1) is 12.3 Å². The molecule has 0 aliphatic heterocycles.